The predicted molar refractivity (Wildman–Crippen MR) is 134 cm³/mol. The third-order valence-electron chi connectivity index (χ3n) is 5.81. The van der Waals surface area contributed by atoms with Gasteiger partial charge in [-0.1, -0.05) is 64.9 Å². The summed E-state index contributed by atoms with van der Waals surface area (Å²) in [5.41, 5.74) is 1.95. The first-order chi connectivity index (χ1) is 16.2. The molecule has 1 N–H and O–H groups in total. The van der Waals surface area contributed by atoms with Crippen molar-refractivity contribution in [3.05, 3.63) is 53.9 Å². The van der Waals surface area contributed by atoms with E-state index in [1.807, 2.05) is 18.2 Å². The van der Waals surface area contributed by atoms with Crippen LogP contribution in [0, 0.1) is 0 Å². The first kappa shape index (κ1) is 26.7. The molecule has 5 nitrogen and oxygen atoms in total. The Morgan fingerprint density at radius 1 is 0.909 bits per heavy atom. The van der Waals surface area contributed by atoms with Gasteiger partial charge in [0.15, 0.2) is 12.4 Å². The zero-order chi connectivity index (χ0) is 23.7. The normalized spacial score (nSPS) is 10.8. The van der Waals surface area contributed by atoms with Gasteiger partial charge >= 0.3 is 0 Å². The molecule has 1 aromatic heterocycles. The molecular formula is C28H43N2O3+. The van der Waals surface area contributed by atoms with Crippen LogP contribution >= 0.6 is 0 Å². The summed E-state index contributed by atoms with van der Waals surface area (Å²) in [6.45, 7) is 6.65. The molecular weight excluding hydrogens is 412 g/mol. The Morgan fingerprint density at radius 2 is 1.61 bits per heavy atom. The van der Waals surface area contributed by atoms with Crippen LogP contribution in [0.25, 0.3) is 0 Å². The van der Waals surface area contributed by atoms with Crippen LogP contribution in [0.5, 0.6) is 11.5 Å². The number of rotatable bonds is 17. The van der Waals surface area contributed by atoms with Crippen molar-refractivity contribution in [1.82, 2.24) is 5.32 Å². The molecule has 0 saturated heterocycles. The number of aryl methyl sites for hydroxylation is 1. The lowest BCUT2D eigenvalue weighted by atomic mass is 10.1. The number of nitrogens with zero attached hydrogens (tertiary/aromatic N) is 1. The summed E-state index contributed by atoms with van der Waals surface area (Å²) in [5, 5.41) is 3.00. The summed E-state index contributed by atoms with van der Waals surface area (Å²) in [6.07, 6.45) is 15.8. The quantitative estimate of drug-likeness (QED) is 0.243. The fourth-order valence-corrected chi connectivity index (χ4v) is 3.84. The second-order valence-electron chi connectivity index (χ2n) is 8.69. The Hall–Kier alpha value is -2.56. The molecule has 0 aliphatic heterocycles. The Bertz CT molecular complexity index is 805. The fourth-order valence-electron chi connectivity index (χ4n) is 3.84. The van der Waals surface area contributed by atoms with Gasteiger partial charge in [0.25, 0.3) is 0 Å². The second kappa shape index (κ2) is 16.1. The largest absolute Gasteiger partial charge is 0.496 e. The van der Waals surface area contributed by atoms with E-state index in [0.717, 1.165) is 36.3 Å². The molecule has 0 unspecified atom stereocenters. The molecule has 1 heterocycles. The maximum absolute atomic E-state index is 12.5. The number of aromatic nitrogens is 1. The fraction of sp³-hybridized carbons (Fsp3) is 0.571. The van der Waals surface area contributed by atoms with E-state index in [1.165, 1.54) is 44.9 Å². The zero-order valence-electron chi connectivity index (χ0n) is 20.9. The number of hydrogen-bond acceptors (Lipinski definition) is 3. The third kappa shape index (κ3) is 10.7. The minimum absolute atomic E-state index is 0.0220. The Morgan fingerprint density at radius 3 is 2.27 bits per heavy atom. The van der Waals surface area contributed by atoms with Gasteiger partial charge in [-0.25, -0.2) is 4.57 Å². The number of benzene rings is 1. The number of pyridine rings is 1. The molecule has 0 aliphatic rings. The zero-order valence-corrected chi connectivity index (χ0v) is 20.9. The average molecular weight is 456 g/mol. The minimum Gasteiger partial charge on any atom is -0.496 e. The molecule has 0 atom stereocenters. The summed E-state index contributed by atoms with van der Waals surface area (Å²) in [7, 11) is 1.63. The van der Waals surface area contributed by atoms with Gasteiger partial charge in [0.2, 0.25) is 5.91 Å². The molecule has 0 aliphatic carbocycles. The van der Waals surface area contributed by atoms with Crippen molar-refractivity contribution < 1.29 is 18.8 Å². The third-order valence-corrected chi connectivity index (χ3v) is 5.81. The molecule has 1 aromatic carbocycles. The SMILES string of the molecule is CCCCCCCCCCOc1ccc(CC(=O)NCc2cc[n+](CCC)cc2)c(OC)c1. The van der Waals surface area contributed by atoms with Gasteiger partial charge in [-0.3, -0.25) is 4.79 Å². The first-order valence-electron chi connectivity index (χ1n) is 12.7. The van der Waals surface area contributed by atoms with E-state index >= 15 is 0 Å². The standard InChI is InChI=1S/C28H42N2O3/c1-4-6-7-8-9-10-11-12-20-33-26-14-13-25(27(22-26)32-3)21-28(31)29-23-24-15-18-30(17-5-2)19-16-24/h13-16,18-19,22H,4-12,17,20-21,23H2,1-3H3/p+1. The molecule has 1 amide bonds. The van der Waals surface area contributed by atoms with E-state index < -0.39 is 0 Å². The second-order valence-corrected chi connectivity index (χ2v) is 8.69. The van der Waals surface area contributed by atoms with Crippen LogP contribution < -0.4 is 19.4 Å². The molecule has 0 bridgehead atoms. The van der Waals surface area contributed by atoms with Gasteiger partial charge in [-0.05, 0) is 18.1 Å². The van der Waals surface area contributed by atoms with Crippen LogP contribution in [-0.4, -0.2) is 19.6 Å². The minimum atomic E-state index is -0.0220. The van der Waals surface area contributed by atoms with Gasteiger partial charge in [0.1, 0.15) is 18.0 Å². The van der Waals surface area contributed by atoms with Crippen molar-refractivity contribution in [2.75, 3.05) is 13.7 Å². The molecule has 0 saturated carbocycles. The van der Waals surface area contributed by atoms with Crippen molar-refractivity contribution >= 4 is 5.91 Å². The maximum Gasteiger partial charge on any atom is 0.224 e. The van der Waals surface area contributed by atoms with Gasteiger partial charge < -0.3 is 14.8 Å². The van der Waals surface area contributed by atoms with Crippen LogP contribution in [0.1, 0.15) is 82.8 Å². The number of nitrogens with one attached hydrogen (secondary N) is 1. The van der Waals surface area contributed by atoms with E-state index in [9.17, 15) is 4.79 Å². The number of methoxy groups -OCH3 is 1. The number of carbonyl (C=O) groups is 1. The summed E-state index contributed by atoms with van der Waals surface area (Å²) in [4.78, 5) is 12.5. The number of hydrogen-bond donors (Lipinski definition) is 1. The molecule has 5 heteroatoms. The Kier molecular flexibility index (Phi) is 13.0. The van der Waals surface area contributed by atoms with Crippen molar-refractivity contribution in [2.24, 2.45) is 0 Å². The number of unbranched alkanes of at least 4 members (excludes halogenated alkanes) is 7. The molecule has 33 heavy (non-hydrogen) atoms. The van der Waals surface area contributed by atoms with Crippen molar-refractivity contribution in [1.29, 1.82) is 0 Å². The highest BCUT2D eigenvalue weighted by atomic mass is 16.5. The Balaban J connectivity index is 1.71. The van der Waals surface area contributed by atoms with E-state index in [4.69, 9.17) is 9.47 Å². The number of carbonyl (C=O) groups excluding carboxylic acids is 1. The molecule has 2 rings (SSSR count). The maximum atomic E-state index is 12.5. The first-order valence-corrected chi connectivity index (χ1v) is 12.7. The number of amides is 1. The summed E-state index contributed by atoms with van der Waals surface area (Å²) in [6, 6.07) is 9.85. The van der Waals surface area contributed by atoms with Gasteiger partial charge in [0, 0.05) is 36.7 Å². The molecule has 0 fully saturated rings. The number of ether oxygens (including phenoxy) is 2. The summed E-state index contributed by atoms with van der Waals surface area (Å²) < 4.78 is 13.6. The highest BCUT2D eigenvalue weighted by Gasteiger charge is 2.11. The smallest absolute Gasteiger partial charge is 0.224 e. The van der Waals surface area contributed by atoms with Crippen LogP contribution in [0.3, 0.4) is 0 Å². The lowest BCUT2D eigenvalue weighted by molar-refractivity contribution is -0.697. The lowest BCUT2D eigenvalue weighted by Gasteiger charge is -2.12. The Labute approximate surface area is 200 Å². The van der Waals surface area contributed by atoms with E-state index in [-0.39, 0.29) is 12.3 Å². The highest BCUT2D eigenvalue weighted by Crippen LogP contribution is 2.25. The lowest BCUT2D eigenvalue weighted by Crippen LogP contribution is -2.32. The molecule has 0 spiro atoms. The van der Waals surface area contributed by atoms with E-state index in [2.05, 4.69) is 48.3 Å². The van der Waals surface area contributed by atoms with Crippen molar-refractivity contribution in [3.63, 3.8) is 0 Å². The van der Waals surface area contributed by atoms with Gasteiger partial charge in [-0.2, -0.15) is 0 Å². The van der Waals surface area contributed by atoms with Crippen LogP contribution in [0.4, 0.5) is 0 Å². The molecule has 182 valence electrons. The summed E-state index contributed by atoms with van der Waals surface area (Å²) >= 11 is 0. The predicted octanol–water partition coefficient (Wildman–Crippen LogP) is 5.77. The van der Waals surface area contributed by atoms with Crippen LogP contribution in [-0.2, 0) is 24.3 Å². The van der Waals surface area contributed by atoms with Crippen molar-refractivity contribution in [2.45, 2.75) is 91.1 Å². The van der Waals surface area contributed by atoms with Gasteiger partial charge in [0.05, 0.1) is 20.1 Å². The highest BCUT2D eigenvalue weighted by molar-refractivity contribution is 5.79. The molecule has 0 radical (unpaired) electrons. The van der Waals surface area contributed by atoms with E-state index in [1.54, 1.807) is 7.11 Å². The molecule has 2 aromatic rings. The topological polar surface area (TPSA) is 51.4 Å². The van der Waals surface area contributed by atoms with Crippen LogP contribution in [0.2, 0.25) is 0 Å². The van der Waals surface area contributed by atoms with Crippen LogP contribution in [0.15, 0.2) is 42.7 Å². The summed E-state index contributed by atoms with van der Waals surface area (Å²) in [5.74, 6) is 1.47. The van der Waals surface area contributed by atoms with Crippen molar-refractivity contribution in [3.8, 4) is 11.5 Å². The average Bonchev–Trinajstić information content (AvgIpc) is 2.83. The monoisotopic (exact) mass is 455 g/mol. The van der Waals surface area contributed by atoms with E-state index in [0.29, 0.717) is 18.9 Å². The van der Waals surface area contributed by atoms with Gasteiger partial charge in [-0.15, -0.1) is 0 Å².